The van der Waals surface area contributed by atoms with Gasteiger partial charge in [0, 0.05) is 65.5 Å². The van der Waals surface area contributed by atoms with Crippen molar-refractivity contribution in [2.24, 2.45) is 11.3 Å². The van der Waals surface area contributed by atoms with E-state index in [0.717, 1.165) is 56.7 Å². The smallest absolute Gasteiger partial charge is 0.415 e. The third-order valence-corrected chi connectivity index (χ3v) is 22.4. The molecule has 10 rings (SSSR count). The Hall–Kier alpha value is -8.90. The second kappa shape index (κ2) is 32.8. The normalized spacial score (nSPS) is 18.7. The van der Waals surface area contributed by atoms with Gasteiger partial charge in [-0.3, -0.25) is 43.3 Å². The number of benzene rings is 1. The maximum atomic E-state index is 14.5. The van der Waals surface area contributed by atoms with Crippen LogP contribution in [-0.4, -0.2) is 142 Å². The number of nitrogens with one attached hydrogen (secondary N) is 5. The van der Waals surface area contributed by atoms with Gasteiger partial charge in [0.15, 0.2) is 0 Å². The lowest BCUT2D eigenvalue weighted by atomic mass is 9.70. The number of carbonyl (C=O) groups is 9. The molecule has 0 spiro atoms. The molecule has 28 nitrogen and oxygen atoms in total. The molecule has 1 unspecified atom stereocenters. The number of hydrogen-bond donors (Lipinski definition) is 9. The predicted molar refractivity (Wildman–Crippen MR) is 371 cm³/mol. The largest absolute Gasteiger partial charge is 0.481 e. The number of hydrogen-bond acceptors (Lipinski definition) is 25. The molecule has 8 aromatic rings. The van der Waals surface area contributed by atoms with Crippen LogP contribution in [0.1, 0.15) is 177 Å². The molecular formula is C65H71N13O15S6. The highest BCUT2D eigenvalue weighted by Crippen LogP contribution is 2.44. The monoisotopic (exact) mass is 1470 g/mol. The number of thiazole rings is 6. The zero-order chi connectivity index (χ0) is 70.7. The summed E-state index contributed by atoms with van der Waals surface area (Å²) in [6.45, 7) is 4.88. The number of unbranched alkanes of at least 4 members (excludes halogenated alkanes) is 2. The van der Waals surface area contributed by atoms with E-state index in [4.69, 9.17) is 49.5 Å². The van der Waals surface area contributed by atoms with E-state index in [2.05, 4.69) is 26.6 Å². The maximum absolute atomic E-state index is 14.5. The van der Waals surface area contributed by atoms with Crippen LogP contribution in [0.15, 0.2) is 64.0 Å². The first-order chi connectivity index (χ1) is 47.5. The van der Waals surface area contributed by atoms with Crippen LogP contribution in [0.2, 0.25) is 0 Å². The summed E-state index contributed by atoms with van der Waals surface area (Å²) in [5.41, 5.74) is 1.10. The van der Waals surface area contributed by atoms with Crippen molar-refractivity contribution in [1.82, 2.24) is 61.5 Å². The number of carboxylic acids is 3. The lowest BCUT2D eigenvalue weighted by molar-refractivity contribution is -0.153. The molecule has 4 atom stereocenters. The molecule has 0 saturated heterocycles. The zero-order valence-corrected chi connectivity index (χ0v) is 59.1. The van der Waals surface area contributed by atoms with Crippen molar-refractivity contribution in [3.8, 4) is 43.4 Å². The van der Waals surface area contributed by atoms with Crippen molar-refractivity contribution in [2.45, 2.75) is 135 Å². The number of ether oxygens (including phenoxy) is 2. The van der Waals surface area contributed by atoms with Gasteiger partial charge in [-0.15, -0.1) is 68.0 Å². The molecule has 6 amide bonds. The summed E-state index contributed by atoms with van der Waals surface area (Å²) in [4.78, 5) is 156. The van der Waals surface area contributed by atoms with Crippen LogP contribution < -0.4 is 31.5 Å². The van der Waals surface area contributed by atoms with Gasteiger partial charge in [-0.1, -0.05) is 50.6 Å². The number of carbonyl (C=O) groups excluding carboxylic acids is 6. The molecule has 99 heavy (non-hydrogen) atoms. The SMILES string of the molecule is CNC(=O)C[C@@H]1NC(=O)c2csc(n2)-c2ccc(-c3nc(N(CCCCC(=O)O)C(=O)O[C@H]4CC[C@@](CCCCC(=O)O)(C(=O)O)CC4)cs3)nc2-c2csc(n2)-c2csc(n2)[C@H]([C@@H](O)c2ccccc2)NC(=O)CNC(=O)c2nc(sc2COC)C(C(C)C)NC(=O)c2nc1sc2C. The van der Waals surface area contributed by atoms with Crippen LogP contribution in [0.25, 0.3) is 43.4 Å². The van der Waals surface area contributed by atoms with Gasteiger partial charge in [0.1, 0.15) is 88.3 Å². The van der Waals surface area contributed by atoms with Crippen LogP contribution in [-0.2, 0) is 40.1 Å². The zero-order valence-electron chi connectivity index (χ0n) is 54.2. The van der Waals surface area contributed by atoms with Gasteiger partial charge in [-0.2, -0.15) is 0 Å². The molecule has 1 aromatic carbocycles. The fourth-order valence-corrected chi connectivity index (χ4v) is 16.9. The molecule has 8 heterocycles. The van der Waals surface area contributed by atoms with Crippen LogP contribution in [0.5, 0.6) is 0 Å². The predicted octanol–water partition coefficient (Wildman–Crippen LogP) is 10.2. The van der Waals surface area contributed by atoms with E-state index in [-0.39, 0.29) is 117 Å². The summed E-state index contributed by atoms with van der Waals surface area (Å²) in [7, 11) is 2.91. The second-order valence-electron chi connectivity index (χ2n) is 23.9. The first-order valence-corrected chi connectivity index (χ1v) is 36.7. The van der Waals surface area contributed by atoms with Crippen molar-refractivity contribution in [1.29, 1.82) is 0 Å². The molecule has 522 valence electrons. The molecule has 1 aliphatic heterocycles. The number of aryl methyl sites for hydroxylation is 1. The molecule has 1 saturated carbocycles. The Bertz CT molecular complexity index is 4270. The average Bonchev–Trinajstić information content (AvgIpc) is 1.68. The van der Waals surface area contributed by atoms with Gasteiger partial charge in [0.05, 0.1) is 47.6 Å². The number of methoxy groups -OCH3 is 1. The molecular weight excluding hydrogens is 1400 g/mol. The minimum atomic E-state index is -1.32. The number of aliphatic hydroxyl groups excluding tert-OH is 1. The van der Waals surface area contributed by atoms with Gasteiger partial charge in [-0.05, 0) is 81.9 Å². The first kappa shape index (κ1) is 72.8. The van der Waals surface area contributed by atoms with Crippen molar-refractivity contribution in [3.05, 3.63) is 111 Å². The van der Waals surface area contributed by atoms with E-state index >= 15 is 0 Å². The van der Waals surface area contributed by atoms with Crippen molar-refractivity contribution >= 4 is 127 Å². The number of nitrogens with zero attached hydrogens (tertiary/aromatic N) is 8. The van der Waals surface area contributed by atoms with Crippen molar-refractivity contribution < 1.29 is 73.1 Å². The molecule has 2 aliphatic rings. The Labute approximate surface area is 591 Å². The van der Waals surface area contributed by atoms with Crippen LogP contribution in [0.3, 0.4) is 0 Å². The Morgan fingerprint density at radius 2 is 1.35 bits per heavy atom. The van der Waals surface area contributed by atoms with E-state index in [1.165, 1.54) is 30.4 Å². The number of aliphatic hydroxyl groups is 1. The van der Waals surface area contributed by atoms with Crippen molar-refractivity contribution in [3.63, 3.8) is 0 Å². The van der Waals surface area contributed by atoms with Crippen LogP contribution in [0.4, 0.5) is 10.6 Å². The van der Waals surface area contributed by atoms with Gasteiger partial charge < -0.3 is 56.5 Å². The average molecular weight is 1470 g/mol. The van der Waals surface area contributed by atoms with Gasteiger partial charge >= 0.3 is 24.0 Å². The van der Waals surface area contributed by atoms with E-state index in [9.17, 15) is 58.5 Å². The van der Waals surface area contributed by atoms with Gasteiger partial charge in [0.2, 0.25) is 11.8 Å². The molecule has 34 heteroatoms. The van der Waals surface area contributed by atoms with Crippen molar-refractivity contribution in [2.75, 3.05) is 32.1 Å². The van der Waals surface area contributed by atoms with E-state index in [0.29, 0.717) is 75.8 Å². The number of carboxylic acid groups (broad SMARTS) is 3. The number of fused-ring (bicyclic) bond motifs is 14. The van der Waals surface area contributed by atoms with Crippen LogP contribution >= 0.6 is 68.0 Å². The van der Waals surface area contributed by atoms with E-state index in [1.807, 2.05) is 13.8 Å². The van der Waals surface area contributed by atoms with Crippen LogP contribution in [0, 0.1) is 18.3 Å². The third-order valence-electron chi connectivity index (χ3n) is 16.7. The number of amides is 6. The van der Waals surface area contributed by atoms with E-state index < -0.39 is 95.8 Å². The number of rotatable bonds is 21. The number of aromatic nitrogens is 7. The van der Waals surface area contributed by atoms with Gasteiger partial charge in [0.25, 0.3) is 17.7 Å². The third kappa shape index (κ3) is 17.8. The Morgan fingerprint density at radius 3 is 2.06 bits per heavy atom. The van der Waals surface area contributed by atoms with E-state index in [1.54, 1.807) is 70.9 Å². The summed E-state index contributed by atoms with van der Waals surface area (Å²) in [5.74, 6) is -6.10. The summed E-state index contributed by atoms with van der Waals surface area (Å²) in [6.07, 6.45) is -0.788. The number of pyridine rings is 1. The lowest BCUT2D eigenvalue weighted by Crippen LogP contribution is -2.41. The summed E-state index contributed by atoms with van der Waals surface area (Å²) in [6, 6.07) is 9.16. The number of anilines is 1. The molecule has 10 bridgehead atoms. The fourth-order valence-electron chi connectivity index (χ4n) is 11.3. The Balaban J connectivity index is 1.01. The minimum Gasteiger partial charge on any atom is -0.481 e. The topological polar surface area (TPSA) is 407 Å². The summed E-state index contributed by atoms with van der Waals surface area (Å²) >= 11 is 6.92. The summed E-state index contributed by atoms with van der Waals surface area (Å²) in [5, 5.41) is 63.6. The Kier molecular flexibility index (Phi) is 24.2. The highest BCUT2D eigenvalue weighted by molar-refractivity contribution is 7.15. The molecule has 7 aromatic heterocycles. The standard InChI is InChI=1S/C65H71N13O15S6/c1-32(2)48-62-77-51(42(99-62)27-92-5)55(87)67-26-45(80)74-52(53(85)34-13-7-6-8-14-34)61-72-41(30-96-61)59-70-39(28-95-59)50-36(57-71-40(29-94-57)54(86)69-38(25-44(79)66-4)60-76-49(33(3)98-60)56(88)75-48)17-18-37(68-50)58-73-43(31-97-58)78(24-12-10-16-47(83)84)64(91)93-35-19-22-65(23-20-35,63(89)90)21-11-9-15-46(81)82/h6-8,13-14,17-18,28-32,35,38,48,52-53,85H,9-12,15-16,19-27H2,1-5H3,(H,66,79)(H,67,87)(H,69,86)(H,74,80)(H,75,88)(H,81,82)(H,83,84)(H,89,90)/t35-,38-,48?,52-,53-,65+/m0/s1. The first-order valence-electron chi connectivity index (χ1n) is 31.6. The fraction of sp³-hybridized carbons (Fsp3) is 0.415. The summed E-state index contributed by atoms with van der Waals surface area (Å²) < 4.78 is 11.5. The highest BCUT2D eigenvalue weighted by Gasteiger charge is 2.43. The molecule has 0 radical (unpaired) electrons. The lowest BCUT2D eigenvalue weighted by Gasteiger charge is -2.37. The highest BCUT2D eigenvalue weighted by atomic mass is 32.1. The maximum Gasteiger partial charge on any atom is 0.415 e. The Morgan fingerprint density at radius 1 is 0.677 bits per heavy atom. The molecule has 1 fully saturated rings. The molecule has 9 N–H and O–H groups in total. The molecule has 1 aliphatic carbocycles. The second-order valence-corrected chi connectivity index (χ2v) is 29.7. The number of aliphatic carboxylic acids is 3. The quantitative estimate of drug-likeness (QED) is 0.0302. The van der Waals surface area contributed by atoms with Gasteiger partial charge in [-0.25, -0.2) is 39.7 Å². The minimum absolute atomic E-state index is 0.0227.